The summed E-state index contributed by atoms with van der Waals surface area (Å²) in [6, 6.07) is -0.207. The molecule has 1 aromatic heterocycles. The van der Waals surface area contributed by atoms with Crippen LogP contribution in [0, 0.1) is 5.92 Å². The summed E-state index contributed by atoms with van der Waals surface area (Å²) < 4.78 is 37.0. The fraction of sp³-hybridized carbons (Fsp3) is 0.667. The predicted octanol–water partition coefficient (Wildman–Crippen LogP) is 2.47. The Morgan fingerprint density at radius 2 is 2.25 bits per heavy atom. The van der Waals surface area contributed by atoms with Crippen molar-refractivity contribution in [2.75, 3.05) is 0 Å². The Bertz CT molecular complexity index is 359. The Morgan fingerprint density at radius 1 is 1.56 bits per heavy atom. The summed E-state index contributed by atoms with van der Waals surface area (Å²) in [5, 5.41) is -0.807. The SMILES string of the molecule is NNC(CC1CC1)c1cnc(C(F)(F)F)s1. The van der Waals surface area contributed by atoms with Gasteiger partial charge in [0.05, 0.1) is 6.04 Å². The first-order valence-electron chi connectivity index (χ1n) is 4.99. The number of aromatic nitrogens is 1. The number of nitrogens with two attached hydrogens (primary N) is 1. The molecular formula is C9H12F3N3S. The molecular weight excluding hydrogens is 239 g/mol. The first-order chi connectivity index (χ1) is 7.50. The van der Waals surface area contributed by atoms with Crippen molar-refractivity contribution in [2.45, 2.75) is 31.5 Å². The molecule has 1 aromatic rings. The van der Waals surface area contributed by atoms with Crippen LogP contribution < -0.4 is 11.3 Å². The van der Waals surface area contributed by atoms with Gasteiger partial charge in [0, 0.05) is 11.1 Å². The molecule has 2 rings (SSSR count). The highest BCUT2D eigenvalue weighted by atomic mass is 32.1. The normalized spacial score (nSPS) is 18.8. The number of rotatable bonds is 4. The van der Waals surface area contributed by atoms with Crippen LogP contribution >= 0.6 is 11.3 Å². The van der Waals surface area contributed by atoms with Crippen molar-refractivity contribution in [3.8, 4) is 0 Å². The second-order valence-corrected chi connectivity index (χ2v) is 5.03. The molecule has 1 aliphatic rings. The van der Waals surface area contributed by atoms with Crippen molar-refractivity contribution < 1.29 is 13.2 Å². The van der Waals surface area contributed by atoms with Crippen molar-refractivity contribution in [1.82, 2.24) is 10.4 Å². The van der Waals surface area contributed by atoms with Gasteiger partial charge in [0.1, 0.15) is 0 Å². The van der Waals surface area contributed by atoms with E-state index in [0.717, 1.165) is 19.3 Å². The number of hydrazine groups is 1. The van der Waals surface area contributed by atoms with E-state index in [-0.39, 0.29) is 6.04 Å². The van der Waals surface area contributed by atoms with Crippen LogP contribution in [0.25, 0.3) is 0 Å². The summed E-state index contributed by atoms with van der Waals surface area (Å²) >= 11 is 0.664. The largest absolute Gasteiger partial charge is 0.443 e. The van der Waals surface area contributed by atoms with Crippen molar-refractivity contribution in [3.63, 3.8) is 0 Å². The third kappa shape index (κ3) is 2.72. The minimum atomic E-state index is -4.36. The second kappa shape index (κ2) is 4.31. The molecule has 1 fully saturated rings. The maximum Gasteiger partial charge on any atom is 0.443 e. The van der Waals surface area contributed by atoms with Crippen LogP contribution in [-0.4, -0.2) is 4.98 Å². The second-order valence-electron chi connectivity index (χ2n) is 3.96. The lowest BCUT2D eigenvalue weighted by atomic mass is 10.1. The van der Waals surface area contributed by atoms with E-state index in [4.69, 9.17) is 5.84 Å². The van der Waals surface area contributed by atoms with Crippen molar-refractivity contribution in [2.24, 2.45) is 11.8 Å². The van der Waals surface area contributed by atoms with Gasteiger partial charge in [0.15, 0.2) is 5.01 Å². The van der Waals surface area contributed by atoms with Gasteiger partial charge in [-0.2, -0.15) is 13.2 Å². The highest BCUT2D eigenvalue weighted by Crippen LogP contribution is 2.40. The minimum Gasteiger partial charge on any atom is -0.271 e. The van der Waals surface area contributed by atoms with E-state index >= 15 is 0 Å². The molecule has 1 atom stereocenters. The number of alkyl halides is 3. The molecule has 90 valence electrons. The highest BCUT2D eigenvalue weighted by Gasteiger charge is 2.35. The summed E-state index contributed by atoms with van der Waals surface area (Å²) in [4.78, 5) is 3.94. The topological polar surface area (TPSA) is 50.9 Å². The fourth-order valence-corrected chi connectivity index (χ4v) is 2.39. The minimum absolute atomic E-state index is 0.207. The van der Waals surface area contributed by atoms with Crippen molar-refractivity contribution in [3.05, 3.63) is 16.1 Å². The molecule has 7 heteroatoms. The summed E-state index contributed by atoms with van der Waals surface area (Å²) in [5.74, 6) is 5.94. The number of halogens is 3. The van der Waals surface area contributed by atoms with Gasteiger partial charge in [-0.1, -0.05) is 12.8 Å². The van der Waals surface area contributed by atoms with Gasteiger partial charge in [0.25, 0.3) is 0 Å². The first kappa shape index (κ1) is 11.8. The van der Waals surface area contributed by atoms with Crippen LogP contribution in [0.4, 0.5) is 13.2 Å². The monoisotopic (exact) mass is 251 g/mol. The van der Waals surface area contributed by atoms with Crippen LogP contribution in [0.1, 0.15) is 35.2 Å². The zero-order valence-electron chi connectivity index (χ0n) is 8.42. The highest BCUT2D eigenvalue weighted by molar-refractivity contribution is 7.11. The molecule has 0 spiro atoms. The van der Waals surface area contributed by atoms with E-state index in [0.29, 0.717) is 22.1 Å². The summed E-state index contributed by atoms with van der Waals surface area (Å²) in [5.41, 5.74) is 2.56. The van der Waals surface area contributed by atoms with Gasteiger partial charge < -0.3 is 0 Å². The molecule has 0 radical (unpaired) electrons. The third-order valence-electron chi connectivity index (χ3n) is 2.58. The average Bonchev–Trinajstić information content (AvgIpc) is 2.87. The molecule has 0 bridgehead atoms. The lowest BCUT2D eigenvalue weighted by Gasteiger charge is -2.12. The lowest BCUT2D eigenvalue weighted by Crippen LogP contribution is -2.27. The standard InChI is InChI=1S/C9H12F3N3S/c10-9(11,12)8-14-4-7(16-8)6(15-13)3-5-1-2-5/h4-6,15H,1-3,13H2. The molecule has 0 aromatic carbocycles. The average molecular weight is 251 g/mol. The van der Waals surface area contributed by atoms with Crippen LogP contribution in [0.5, 0.6) is 0 Å². The molecule has 3 N–H and O–H groups in total. The van der Waals surface area contributed by atoms with Gasteiger partial charge in [0.2, 0.25) is 0 Å². The first-order valence-corrected chi connectivity index (χ1v) is 5.81. The smallest absolute Gasteiger partial charge is 0.271 e. The number of nitrogens with zero attached hydrogens (tertiary/aromatic N) is 1. The fourth-order valence-electron chi connectivity index (χ4n) is 1.53. The Labute approximate surface area is 94.8 Å². The summed E-state index contributed by atoms with van der Waals surface area (Å²) in [6.07, 6.45) is -0.0236. The molecule has 1 unspecified atom stereocenters. The Hall–Kier alpha value is -0.660. The van der Waals surface area contributed by atoms with Gasteiger partial charge in [-0.05, 0) is 12.3 Å². The maximum atomic E-state index is 12.3. The molecule has 0 amide bonds. The van der Waals surface area contributed by atoms with Crippen molar-refractivity contribution >= 4 is 11.3 Å². The zero-order valence-corrected chi connectivity index (χ0v) is 9.24. The van der Waals surface area contributed by atoms with Crippen LogP contribution in [-0.2, 0) is 6.18 Å². The van der Waals surface area contributed by atoms with Crippen LogP contribution in [0.3, 0.4) is 0 Å². The van der Waals surface area contributed by atoms with Crippen LogP contribution in [0.2, 0.25) is 0 Å². The van der Waals surface area contributed by atoms with E-state index in [1.807, 2.05) is 0 Å². The Morgan fingerprint density at radius 3 is 2.69 bits per heavy atom. The molecule has 1 saturated carbocycles. The van der Waals surface area contributed by atoms with Gasteiger partial charge in [-0.25, -0.2) is 4.98 Å². The molecule has 1 aliphatic carbocycles. The molecule has 0 saturated heterocycles. The van der Waals surface area contributed by atoms with E-state index < -0.39 is 11.2 Å². The van der Waals surface area contributed by atoms with E-state index in [1.54, 1.807) is 0 Å². The van der Waals surface area contributed by atoms with Gasteiger partial charge >= 0.3 is 6.18 Å². The predicted molar refractivity (Wildman–Crippen MR) is 54.5 cm³/mol. The number of thiazole rings is 1. The maximum absolute atomic E-state index is 12.3. The van der Waals surface area contributed by atoms with Gasteiger partial charge in [-0.15, -0.1) is 11.3 Å². The molecule has 0 aliphatic heterocycles. The van der Waals surface area contributed by atoms with E-state index in [9.17, 15) is 13.2 Å². The number of hydrogen-bond acceptors (Lipinski definition) is 4. The van der Waals surface area contributed by atoms with Crippen LogP contribution in [0.15, 0.2) is 6.20 Å². The third-order valence-corrected chi connectivity index (χ3v) is 3.73. The number of hydrogen-bond donors (Lipinski definition) is 2. The van der Waals surface area contributed by atoms with Gasteiger partial charge in [-0.3, -0.25) is 11.3 Å². The molecule has 3 nitrogen and oxygen atoms in total. The quantitative estimate of drug-likeness (QED) is 0.638. The Kier molecular flexibility index (Phi) is 3.18. The number of nitrogens with one attached hydrogen (secondary N) is 1. The summed E-state index contributed by atoms with van der Waals surface area (Å²) in [7, 11) is 0. The zero-order chi connectivity index (χ0) is 11.8. The molecule has 1 heterocycles. The Balaban J connectivity index is 2.09. The summed E-state index contributed by atoms with van der Waals surface area (Å²) in [6.45, 7) is 0. The van der Waals surface area contributed by atoms with E-state index in [1.165, 1.54) is 6.20 Å². The molecule has 16 heavy (non-hydrogen) atoms. The lowest BCUT2D eigenvalue weighted by molar-refractivity contribution is -0.137. The van der Waals surface area contributed by atoms with E-state index in [2.05, 4.69) is 10.4 Å². The van der Waals surface area contributed by atoms with Crippen molar-refractivity contribution in [1.29, 1.82) is 0 Å².